The van der Waals surface area contributed by atoms with Crippen LogP contribution in [0.3, 0.4) is 0 Å². The van der Waals surface area contributed by atoms with Crippen LogP contribution in [0, 0.1) is 0 Å². The minimum absolute atomic E-state index is 0.0837. The third-order valence-electron chi connectivity index (χ3n) is 5.62. The topological polar surface area (TPSA) is 76.2 Å². The molecule has 1 aliphatic heterocycles. The summed E-state index contributed by atoms with van der Waals surface area (Å²) in [6, 6.07) is 21.8. The monoisotopic (exact) mass is 444 g/mol. The van der Waals surface area contributed by atoms with Gasteiger partial charge < -0.3 is 14.4 Å². The molecule has 0 N–H and O–H groups in total. The van der Waals surface area contributed by atoms with E-state index in [4.69, 9.17) is 9.47 Å². The zero-order valence-electron chi connectivity index (χ0n) is 18.4. The maximum Gasteiger partial charge on any atom is 0.257 e. The first-order valence-corrected chi connectivity index (χ1v) is 10.5. The third-order valence-corrected chi connectivity index (χ3v) is 5.62. The molecule has 7 nitrogen and oxygen atoms in total. The predicted molar refractivity (Wildman–Crippen MR) is 123 cm³/mol. The molecule has 4 rings (SSSR count). The molecular formula is C26H24N2O5. The Labute approximate surface area is 192 Å². The zero-order valence-corrected chi connectivity index (χ0v) is 18.4. The van der Waals surface area contributed by atoms with Gasteiger partial charge in [0.1, 0.15) is 17.5 Å². The van der Waals surface area contributed by atoms with Gasteiger partial charge in [-0.3, -0.25) is 14.4 Å². The van der Waals surface area contributed by atoms with E-state index in [1.165, 1.54) is 4.90 Å². The van der Waals surface area contributed by atoms with Gasteiger partial charge in [0.2, 0.25) is 5.91 Å². The molecule has 0 spiro atoms. The van der Waals surface area contributed by atoms with E-state index in [9.17, 15) is 14.4 Å². The fraction of sp³-hybridized carbons (Fsp3) is 0.192. The van der Waals surface area contributed by atoms with Crippen molar-refractivity contribution in [1.29, 1.82) is 0 Å². The van der Waals surface area contributed by atoms with Crippen LogP contribution in [0.1, 0.15) is 22.3 Å². The molecule has 1 saturated heterocycles. The van der Waals surface area contributed by atoms with Crippen molar-refractivity contribution in [3.05, 3.63) is 90.0 Å². The van der Waals surface area contributed by atoms with Crippen molar-refractivity contribution < 1.29 is 23.9 Å². The molecule has 0 saturated carbocycles. The number of ether oxygens (including phenoxy) is 2. The van der Waals surface area contributed by atoms with Gasteiger partial charge in [-0.05, 0) is 54.1 Å². The summed E-state index contributed by atoms with van der Waals surface area (Å²) in [4.78, 5) is 42.3. The van der Waals surface area contributed by atoms with Crippen LogP contribution in [0.25, 0.3) is 0 Å². The lowest BCUT2D eigenvalue weighted by molar-refractivity contribution is -0.122. The van der Waals surface area contributed by atoms with Gasteiger partial charge in [0.15, 0.2) is 0 Å². The van der Waals surface area contributed by atoms with Gasteiger partial charge in [-0.15, -0.1) is 0 Å². The lowest BCUT2D eigenvalue weighted by Gasteiger charge is -2.28. The number of hydrogen-bond donors (Lipinski definition) is 0. The average Bonchev–Trinajstić information content (AvgIpc) is 3.16. The number of carbonyl (C=O) groups is 3. The Morgan fingerprint density at radius 2 is 1.45 bits per heavy atom. The summed E-state index contributed by atoms with van der Waals surface area (Å²) in [5.74, 6) is 0.222. The summed E-state index contributed by atoms with van der Waals surface area (Å²) in [6.07, 6.45) is -0.0837. The van der Waals surface area contributed by atoms with Gasteiger partial charge in [0.25, 0.3) is 11.8 Å². The molecule has 7 heteroatoms. The van der Waals surface area contributed by atoms with Crippen molar-refractivity contribution in [2.75, 3.05) is 19.1 Å². The molecule has 0 radical (unpaired) electrons. The predicted octanol–water partition coefficient (Wildman–Crippen LogP) is 3.68. The largest absolute Gasteiger partial charge is 0.497 e. The average molecular weight is 444 g/mol. The Kier molecular flexibility index (Phi) is 6.40. The molecule has 1 atom stereocenters. The quantitative estimate of drug-likeness (QED) is 0.520. The van der Waals surface area contributed by atoms with Gasteiger partial charge in [0.05, 0.1) is 26.3 Å². The number of hydrogen-bond acceptors (Lipinski definition) is 5. The molecule has 3 aromatic carbocycles. The van der Waals surface area contributed by atoms with Gasteiger partial charge in [0, 0.05) is 12.1 Å². The number of methoxy groups -OCH3 is 2. The molecule has 0 unspecified atom stereocenters. The number of anilines is 1. The number of imide groups is 1. The molecule has 3 aromatic rings. The van der Waals surface area contributed by atoms with E-state index < -0.39 is 11.9 Å². The summed E-state index contributed by atoms with van der Waals surface area (Å²) >= 11 is 0. The molecule has 0 bridgehead atoms. The maximum atomic E-state index is 13.4. The highest BCUT2D eigenvalue weighted by Crippen LogP contribution is 2.29. The van der Waals surface area contributed by atoms with Crippen molar-refractivity contribution in [3.8, 4) is 11.5 Å². The molecule has 0 aromatic heterocycles. The van der Waals surface area contributed by atoms with Crippen LogP contribution in [0.15, 0.2) is 78.9 Å². The standard InChI is InChI=1S/C26H24N2O5/c1-32-21-12-8-18(9-13-21)17-27(25(30)19-6-4-3-5-7-19)23-16-24(29)28(26(23)31)20-10-14-22(33-2)15-11-20/h3-15,23H,16-17H2,1-2H3/t23-/m1/s1. The maximum absolute atomic E-state index is 13.4. The Bertz CT molecular complexity index is 1140. The van der Waals surface area contributed by atoms with E-state index in [1.54, 1.807) is 74.9 Å². The summed E-state index contributed by atoms with van der Waals surface area (Å²) in [6.45, 7) is 0.178. The Hall–Kier alpha value is -4.13. The smallest absolute Gasteiger partial charge is 0.257 e. The van der Waals surface area contributed by atoms with Gasteiger partial charge in [-0.25, -0.2) is 4.90 Å². The van der Waals surface area contributed by atoms with Crippen molar-refractivity contribution in [2.24, 2.45) is 0 Å². The Morgan fingerprint density at radius 3 is 2.03 bits per heavy atom. The highest BCUT2D eigenvalue weighted by molar-refractivity contribution is 6.23. The second kappa shape index (κ2) is 9.56. The van der Waals surface area contributed by atoms with Crippen molar-refractivity contribution in [2.45, 2.75) is 19.0 Å². The van der Waals surface area contributed by atoms with E-state index >= 15 is 0 Å². The van der Waals surface area contributed by atoms with Crippen LogP contribution < -0.4 is 14.4 Å². The minimum atomic E-state index is -0.908. The van der Waals surface area contributed by atoms with Gasteiger partial charge >= 0.3 is 0 Å². The first-order valence-electron chi connectivity index (χ1n) is 10.5. The molecule has 1 heterocycles. The first-order chi connectivity index (χ1) is 16.0. The molecular weight excluding hydrogens is 420 g/mol. The van der Waals surface area contributed by atoms with Crippen LogP contribution in [0.4, 0.5) is 5.69 Å². The number of nitrogens with zero attached hydrogens (tertiary/aromatic N) is 2. The van der Waals surface area contributed by atoms with E-state index in [-0.39, 0.29) is 24.8 Å². The summed E-state index contributed by atoms with van der Waals surface area (Å²) in [5, 5.41) is 0. The van der Waals surface area contributed by atoms with E-state index in [2.05, 4.69) is 0 Å². The van der Waals surface area contributed by atoms with Gasteiger partial charge in [-0.2, -0.15) is 0 Å². The fourth-order valence-corrected chi connectivity index (χ4v) is 3.86. The molecule has 33 heavy (non-hydrogen) atoms. The van der Waals surface area contributed by atoms with Crippen molar-refractivity contribution in [1.82, 2.24) is 4.90 Å². The van der Waals surface area contributed by atoms with Crippen molar-refractivity contribution in [3.63, 3.8) is 0 Å². The van der Waals surface area contributed by atoms with Crippen molar-refractivity contribution >= 4 is 23.4 Å². The minimum Gasteiger partial charge on any atom is -0.497 e. The van der Waals surface area contributed by atoms with E-state index in [1.807, 2.05) is 18.2 Å². The Balaban J connectivity index is 1.65. The second-order valence-corrected chi connectivity index (χ2v) is 7.63. The highest BCUT2D eigenvalue weighted by atomic mass is 16.5. The molecule has 1 aliphatic rings. The van der Waals surface area contributed by atoms with Crippen LogP contribution in [0.2, 0.25) is 0 Å². The normalized spacial score (nSPS) is 15.5. The number of rotatable bonds is 7. The van der Waals surface area contributed by atoms with Crippen LogP contribution in [-0.2, 0) is 16.1 Å². The molecule has 168 valence electrons. The molecule has 1 fully saturated rings. The lowest BCUT2D eigenvalue weighted by Crippen LogP contribution is -2.45. The molecule has 3 amide bonds. The molecule has 0 aliphatic carbocycles. The summed E-state index contributed by atoms with van der Waals surface area (Å²) < 4.78 is 10.4. The van der Waals surface area contributed by atoms with E-state index in [0.717, 1.165) is 10.5 Å². The highest BCUT2D eigenvalue weighted by Gasteiger charge is 2.44. The zero-order chi connectivity index (χ0) is 23.4. The van der Waals surface area contributed by atoms with Crippen LogP contribution in [-0.4, -0.2) is 42.9 Å². The fourth-order valence-electron chi connectivity index (χ4n) is 3.86. The van der Waals surface area contributed by atoms with Gasteiger partial charge in [-0.1, -0.05) is 30.3 Å². The first kappa shape index (κ1) is 22.1. The van der Waals surface area contributed by atoms with E-state index in [0.29, 0.717) is 22.7 Å². The third kappa shape index (κ3) is 4.57. The number of benzene rings is 3. The van der Waals surface area contributed by atoms with Crippen LogP contribution >= 0.6 is 0 Å². The second-order valence-electron chi connectivity index (χ2n) is 7.63. The Morgan fingerprint density at radius 1 is 0.879 bits per heavy atom. The SMILES string of the molecule is COc1ccc(CN(C(=O)c2ccccc2)[C@@H]2CC(=O)N(c3ccc(OC)cc3)C2=O)cc1. The lowest BCUT2D eigenvalue weighted by atomic mass is 10.1. The number of carbonyl (C=O) groups excluding carboxylic acids is 3. The summed E-state index contributed by atoms with van der Waals surface area (Å²) in [5.41, 5.74) is 1.72. The van der Waals surface area contributed by atoms with Crippen LogP contribution in [0.5, 0.6) is 11.5 Å². The number of amides is 3. The summed E-state index contributed by atoms with van der Waals surface area (Å²) in [7, 11) is 3.13.